The van der Waals surface area contributed by atoms with Crippen LogP contribution in [0.4, 0.5) is 0 Å². The summed E-state index contributed by atoms with van der Waals surface area (Å²) >= 11 is 3.07. The lowest BCUT2D eigenvalue weighted by atomic mass is 9.99. The van der Waals surface area contributed by atoms with Crippen LogP contribution in [-0.2, 0) is 9.53 Å². The van der Waals surface area contributed by atoms with E-state index in [0.29, 0.717) is 28.7 Å². The van der Waals surface area contributed by atoms with E-state index in [1.54, 1.807) is 11.3 Å². The van der Waals surface area contributed by atoms with Gasteiger partial charge < -0.3 is 9.47 Å². The minimum Gasteiger partial charge on any atom is -0.455 e. The summed E-state index contributed by atoms with van der Waals surface area (Å²) < 4.78 is 11.4. The van der Waals surface area contributed by atoms with E-state index in [1.165, 1.54) is 11.3 Å². The van der Waals surface area contributed by atoms with Gasteiger partial charge in [-0.2, -0.15) is 0 Å². The Bertz CT molecular complexity index is 1090. The van der Waals surface area contributed by atoms with Gasteiger partial charge in [0.25, 0.3) is 0 Å². The van der Waals surface area contributed by atoms with Crippen LogP contribution in [0.15, 0.2) is 76.1 Å². The molecule has 4 nitrogen and oxygen atoms in total. The second-order valence-electron chi connectivity index (χ2n) is 5.63. The number of esters is 1. The zero-order valence-electron chi connectivity index (χ0n) is 13.3. The van der Waals surface area contributed by atoms with Crippen molar-refractivity contribution < 1.29 is 14.3 Å². The highest BCUT2D eigenvalue weighted by atomic mass is 32.1. The minimum atomic E-state index is -0.443. The number of carbonyl (C=O) groups excluding carboxylic acids is 1. The van der Waals surface area contributed by atoms with E-state index >= 15 is 0 Å². The fourth-order valence-corrected chi connectivity index (χ4v) is 4.18. The van der Waals surface area contributed by atoms with Crippen molar-refractivity contribution in [2.45, 2.75) is 0 Å². The van der Waals surface area contributed by atoms with Crippen LogP contribution in [0.1, 0.15) is 15.3 Å². The third-order valence-corrected chi connectivity index (χ3v) is 5.76. The first-order chi connectivity index (χ1) is 12.8. The summed E-state index contributed by atoms with van der Waals surface area (Å²) in [5.41, 5.74) is 1.85. The summed E-state index contributed by atoms with van der Waals surface area (Å²) in [6, 6.07) is 15.4. The maximum Gasteiger partial charge on any atom is 0.364 e. The molecule has 2 aliphatic rings. The molecule has 0 radical (unpaired) electrons. The fraction of sp³-hybridized carbons (Fsp3) is 0. The number of ether oxygens (including phenoxy) is 2. The Hall–Kier alpha value is -2.96. The van der Waals surface area contributed by atoms with Gasteiger partial charge in [0.2, 0.25) is 5.90 Å². The van der Waals surface area contributed by atoms with Gasteiger partial charge in [0.1, 0.15) is 11.5 Å². The van der Waals surface area contributed by atoms with E-state index in [4.69, 9.17) is 9.47 Å². The standard InChI is InChI=1S/C20H11NO3S2/c22-20-18(21-19(24-20)17-8-4-10-26-17)13-11-15(16-7-3-9-25-16)23-14-6-2-1-5-12(13)14/h1-11H/b18-13-. The van der Waals surface area contributed by atoms with Gasteiger partial charge in [0, 0.05) is 11.1 Å². The van der Waals surface area contributed by atoms with Crippen LogP contribution in [0.5, 0.6) is 5.75 Å². The van der Waals surface area contributed by atoms with Gasteiger partial charge in [-0.05, 0) is 35.0 Å². The maximum absolute atomic E-state index is 12.5. The molecule has 4 heterocycles. The molecular weight excluding hydrogens is 366 g/mol. The van der Waals surface area contributed by atoms with Gasteiger partial charge in [-0.3, -0.25) is 0 Å². The molecule has 0 bridgehead atoms. The first kappa shape index (κ1) is 15.3. The first-order valence-corrected chi connectivity index (χ1v) is 9.67. The number of thiophene rings is 2. The van der Waals surface area contributed by atoms with Crippen LogP contribution in [-0.4, -0.2) is 11.9 Å². The first-order valence-electron chi connectivity index (χ1n) is 7.91. The van der Waals surface area contributed by atoms with Crippen molar-refractivity contribution in [2.75, 3.05) is 0 Å². The number of para-hydroxylation sites is 1. The van der Waals surface area contributed by atoms with Gasteiger partial charge >= 0.3 is 5.97 Å². The molecule has 1 aromatic carbocycles. The molecule has 0 saturated carbocycles. The molecule has 0 atom stereocenters. The molecule has 0 N–H and O–H groups in total. The lowest BCUT2D eigenvalue weighted by molar-refractivity contribution is -0.129. The quantitative estimate of drug-likeness (QED) is 0.469. The van der Waals surface area contributed by atoms with Crippen molar-refractivity contribution in [3.05, 3.63) is 86.4 Å². The molecule has 3 aromatic rings. The third kappa shape index (κ3) is 2.51. The Kier molecular flexibility index (Phi) is 3.58. The number of allylic oxidation sites excluding steroid dienone is 2. The van der Waals surface area contributed by atoms with Gasteiger partial charge in [0.05, 0.1) is 9.75 Å². The second kappa shape index (κ2) is 6.09. The van der Waals surface area contributed by atoms with Crippen molar-refractivity contribution >= 4 is 45.9 Å². The van der Waals surface area contributed by atoms with E-state index in [2.05, 4.69) is 4.99 Å². The van der Waals surface area contributed by atoms with Gasteiger partial charge in [0.15, 0.2) is 5.70 Å². The third-order valence-electron chi connectivity index (χ3n) is 4.02. The number of hydrogen-bond donors (Lipinski definition) is 0. The predicted molar refractivity (Wildman–Crippen MR) is 103 cm³/mol. The Labute approximate surface area is 157 Å². The van der Waals surface area contributed by atoms with E-state index < -0.39 is 5.97 Å². The highest BCUT2D eigenvalue weighted by Gasteiger charge is 2.31. The average Bonchev–Trinajstić information content (AvgIpc) is 3.42. The average molecular weight is 377 g/mol. The Morgan fingerprint density at radius 3 is 2.38 bits per heavy atom. The molecular formula is C20H11NO3S2. The second-order valence-corrected chi connectivity index (χ2v) is 7.53. The number of fused-ring (bicyclic) bond motifs is 1. The smallest absolute Gasteiger partial charge is 0.364 e. The summed E-state index contributed by atoms with van der Waals surface area (Å²) in [6.45, 7) is 0. The number of nitrogens with zero attached hydrogens (tertiary/aromatic N) is 1. The van der Waals surface area contributed by atoms with Gasteiger partial charge in [-0.1, -0.05) is 30.3 Å². The molecule has 6 heteroatoms. The molecule has 0 saturated heterocycles. The molecule has 26 heavy (non-hydrogen) atoms. The molecule has 0 unspecified atom stereocenters. The Balaban J connectivity index is 1.71. The monoisotopic (exact) mass is 377 g/mol. The lowest BCUT2D eigenvalue weighted by Crippen LogP contribution is -2.07. The number of aliphatic imine (C=N–C) groups is 1. The van der Waals surface area contributed by atoms with Crippen molar-refractivity contribution in [1.82, 2.24) is 0 Å². The highest BCUT2D eigenvalue weighted by molar-refractivity contribution is 7.12. The molecule has 0 amide bonds. The van der Waals surface area contributed by atoms with E-state index in [-0.39, 0.29) is 0 Å². The van der Waals surface area contributed by atoms with E-state index in [9.17, 15) is 4.79 Å². The van der Waals surface area contributed by atoms with Crippen LogP contribution in [0.3, 0.4) is 0 Å². The van der Waals surface area contributed by atoms with E-state index in [1.807, 2.05) is 65.4 Å². The number of benzene rings is 1. The molecule has 2 aromatic heterocycles. The molecule has 0 fully saturated rings. The zero-order chi connectivity index (χ0) is 17.5. The van der Waals surface area contributed by atoms with Crippen LogP contribution >= 0.6 is 22.7 Å². The lowest BCUT2D eigenvalue weighted by Gasteiger charge is -2.19. The van der Waals surface area contributed by atoms with Gasteiger partial charge in [-0.15, -0.1) is 22.7 Å². The van der Waals surface area contributed by atoms with Crippen LogP contribution in [0.2, 0.25) is 0 Å². The number of rotatable bonds is 2. The molecule has 0 aliphatic carbocycles. The zero-order valence-corrected chi connectivity index (χ0v) is 15.0. The van der Waals surface area contributed by atoms with Crippen LogP contribution < -0.4 is 4.74 Å². The number of cyclic esters (lactones) is 1. The minimum absolute atomic E-state index is 0.304. The largest absolute Gasteiger partial charge is 0.455 e. The number of hydrogen-bond acceptors (Lipinski definition) is 6. The normalized spacial score (nSPS) is 18.7. The van der Waals surface area contributed by atoms with Crippen molar-refractivity contribution in [3.63, 3.8) is 0 Å². The molecule has 126 valence electrons. The summed E-state index contributed by atoms with van der Waals surface area (Å²) in [5.74, 6) is 1.31. The van der Waals surface area contributed by atoms with Gasteiger partial charge in [-0.25, -0.2) is 9.79 Å². The molecule has 0 spiro atoms. The Morgan fingerprint density at radius 2 is 1.62 bits per heavy atom. The summed E-state index contributed by atoms with van der Waals surface area (Å²) in [5, 5.41) is 3.92. The van der Waals surface area contributed by atoms with Crippen LogP contribution in [0.25, 0.3) is 11.3 Å². The fourth-order valence-electron chi connectivity index (χ4n) is 2.85. The highest BCUT2D eigenvalue weighted by Crippen LogP contribution is 2.40. The summed E-state index contributed by atoms with van der Waals surface area (Å²) in [4.78, 5) is 18.8. The van der Waals surface area contributed by atoms with E-state index in [0.717, 1.165) is 15.3 Å². The topological polar surface area (TPSA) is 47.9 Å². The Morgan fingerprint density at radius 1 is 0.846 bits per heavy atom. The maximum atomic E-state index is 12.5. The number of carbonyl (C=O) groups is 1. The summed E-state index contributed by atoms with van der Waals surface area (Å²) in [6.07, 6.45) is 1.87. The van der Waals surface area contributed by atoms with Crippen molar-refractivity contribution in [1.29, 1.82) is 0 Å². The SMILES string of the molecule is O=C1OC(c2cccs2)=N/C1=C1/C=C(c2cccs2)Oc2ccccc21. The predicted octanol–water partition coefficient (Wildman–Crippen LogP) is 4.96. The molecule has 2 aliphatic heterocycles. The van der Waals surface area contributed by atoms with Crippen molar-refractivity contribution in [2.24, 2.45) is 4.99 Å². The van der Waals surface area contributed by atoms with Crippen LogP contribution in [0, 0.1) is 0 Å². The molecule has 5 rings (SSSR count). The van der Waals surface area contributed by atoms with Crippen molar-refractivity contribution in [3.8, 4) is 5.75 Å². The summed E-state index contributed by atoms with van der Waals surface area (Å²) in [7, 11) is 0.